The van der Waals surface area contributed by atoms with Crippen molar-refractivity contribution in [2.24, 2.45) is 17.8 Å². The zero-order valence-electron chi connectivity index (χ0n) is 7.29. The van der Waals surface area contributed by atoms with Crippen LogP contribution in [-0.2, 0) is 9.59 Å². The lowest BCUT2D eigenvalue weighted by atomic mass is 10.3. The van der Waals surface area contributed by atoms with Gasteiger partial charge < -0.3 is 15.2 Å². The molecule has 1 N–H and O–H groups in total. The molecule has 4 nitrogen and oxygen atoms in total. The van der Waals surface area contributed by atoms with Crippen LogP contribution in [0.15, 0.2) is 0 Å². The number of carbonyl (C=O) groups is 2. The second-order valence-corrected chi connectivity index (χ2v) is 3.96. The van der Waals surface area contributed by atoms with Crippen molar-refractivity contribution in [1.29, 1.82) is 0 Å². The number of amides is 1. The van der Waals surface area contributed by atoms with Crippen molar-refractivity contribution in [3.8, 4) is 0 Å². The first-order chi connectivity index (χ1) is 6.18. The van der Waals surface area contributed by atoms with Crippen LogP contribution in [0, 0.1) is 17.8 Å². The van der Waals surface area contributed by atoms with Gasteiger partial charge in [-0.2, -0.15) is 0 Å². The van der Waals surface area contributed by atoms with Crippen LogP contribution in [0.2, 0.25) is 0 Å². The highest BCUT2D eigenvalue weighted by Crippen LogP contribution is 2.38. The van der Waals surface area contributed by atoms with Crippen molar-refractivity contribution >= 4 is 11.9 Å². The van der Waals surface area contributed by atoms with Gasteiger partial charge in [-0.3, -0.25) is 4.79 Å². The van der Waals surface area contributed by atoms with Gasteiger partial charge in [-0.05, 0) is 25.2 Å². The maximum Gasteiger partial charge on any atom is 0.223 e. The maximum atomic E-state index is 11.3. The monoisotopic (exact) mass is 182 g/mol. The molecule has 0 spiro atoms. The Morgan fingerprint density at radius 2 is 2.00 bits per heavy atom. The quantitative estimate of drug-likeness (QED) is 0.600. The lowest BCUT2D eigenvalue weighted by Gasteiger charge is -2.03. The molecule has 72 valence electrons. The van der Waals surface area contributed by atoms with Gasteiger partial charge in [0.2, 0.25) is 5.91 Å². The standard InChI is InChI=1S/C9H13NO3/c11-8(10-4-5-1-2-5)6-3-7(6)9(12)13/h5-7H,1-4H2,(H,10,11)(H,12,13)/p-1. The van der Waals surface area contributed by atoms with Crippen molar-refractivity contribution in [2.45, 2.75) is 19.3 Å². The van der Waals surface area contributed by atoms with E-state index < -0.39 is 11.9 Å². The number of rotatable bonds is 4. The third-order valence-electron chi connectivity index (χ3n) is 2.69. The minimum atomic E-state index is -1.09. The molecule has 4 heteroatoms. The van der Waals surface area contributed by atoms with Crippen molar-refractivity contribution in [1.82, 2.24) is 5.32 Å². The van der Waals surface area contributed by atoms with E-state index in [2.05, 4.69) is 5.32 Å². The summed E-state index contributed by atoms with van der Waals surface area (Å²) in [5.41, 5.74) is 0. The first-order valence-electron chi connectivity index (χ1n) is 4.67. The van der Waals surface area contributed by atoms with Gasteiger partial charge in [0.15, 0.2) is 0 Å². The Morgan fingerprint density at radius 3 is 2.46 bits per heavy atom. The summed E-state index contributed by atoms with van der Waals surface area (Å²) in [6.45, 7) is 0.717. The SMILES string of the molecule is O=C([O-])C1CC1C(=O)NCC1CC1. The van der Waals surface area contributed by atoms with E-state index >= 15 is 0 Å². The lowest BCUT2D eigenvalue weighted by Crippen LogP contribution is -2.31. The molecule has 2 unspecified atom stereocenters. The molecule has 0 bridgehead atoms. The molecule has 2 rings (SSSR count). The predicted molar refractivity (Wildman–Crippen MR) is 42.3 cm³/mol. The van der Waals surface area contributed by atoms with E-state index in [4.69, 9.17) is 0 Å². The molecule has 2 fully saturated rings. The highest BCUT2D eigenvalue weighted by Gasteiger charge is 2.44. The van der Waals surface area contributed by atoms with E-state index in [0.717, 1.165) is 6.54 Å². The van der Waals surface area contributed by atoms with Crippen molar-refractivity contribution < 1.29 is 14.7 Å². The summed E-state index contributed by atoms with van der Waals surface area (Å²) in [5, 5.41) is 13.1. The Balaban J connectivity index is 1.69. The fourth-order valence-electron chi connectivity index (χ4n) is 1.44. The molecule has 0 aromatic carbocycles. The molecule has 0 aliphatic heterocycles. The van der Waals surface area contributed by atoms with Crippen LogP contribution in [0.1, 0.15) is 19.3 Å². The summed E-state index contributed by atoms with van der Waals surface area (Å²) in [6, 6.07) is 0. The second-order valence-electron chi connectivity index (χ2n) is 3.96. The molecule has 0 aromatic heterocycles. The molecule has 0 aromatic rings. The van der Waals surface area contributed by atoms with E-state index in [1.165, 1.54) is 12.8 Å². The van der Waals surface area contributed by atoms with Gasteiger partial charge in [-0.25, -0.2) is 0 Å². The molecule has 2 aliphatic rings. The average Bonchev–Trinajstić information content (AvgIpc) is 2.93. The Hall–Kier alpha value is -1.06. The molecule has 0 saturated heterocycles. The predicted octanol–water partition coefficient (Wildman–Crippen LogP) is -1.10. The van der Waals surface area contributed by atoms with Gasteiger partial charge in [0.1, 0.15) is 0 Å². The van der Waals surface area contributed by atoms with Gasteiger partial charge >= 0.3 is 0 Å². The molecule has 0 radical (unpaired) electrons. The summed E-state index contributed by atoms with van der Waals surface area (Å²) in [4.78, 5) is 21.6. The van der Waals surface area contributed by atoms with Gasteiger partial charge in [0, 0.05) is 24.3 Å². The second kappa shape index (κ2) is 3.01. The number of carboxylic acids is 1. The van der Waals surface area contributed by atoms with E-state index in [-0.39, 0.29) is 11.8 Å². The summed E-state index contributed by atoms with van der Waals surface area (Å²) >= 11 is 0. The summed E-state index contributed by atoms with van der Waals surface area (Å²) in [6.07, 6.45) is 2.84. The Bertz CT molecular complexity index is 247. The Labute approximate surface area is 76.3 Å². The summed E-state index contributed by atoms with van der Waals surface area (Å²) < 4.78 is 0. The highest BCUT2D eigenvalue weighted by molar-refractivity contribution is 5.88. The fourth-order valence-corrected chi connectivity index (χ4v) is 1.44. The smallest absolute Gasteiger partial charge is 0.223 e. The van der Waals surface area contributed by atoms with E-state index in [1.807, 2.05) is 0 Å². The minimum Gasteiger partial charge on any atom is -0.550 e. The molecule has 2 atom stereocenters. The van der Waals surface area contributed by atoms with E-state index in [9.17, 15) is 14.7 Å². The summed E-state index contributed by atoms with van der Waals surface area (Å²) in [5.74, 6) is -1.40. The number of nitrogens with one attached hydrogen (secondary N) is 1. The average molecular weight is 182 g/mol. The molecular formula is C9H12NO3-. The van der Waals surface area contributed by atoms with Crippen LogP contribution in [0.5, 0.6) is 0 Å². The third-order valence-corrected chi connectivity index (χ3v) is 2.69. The van der Waals surface area contributed by atoms with Gasteiger partial charge in [0.05, 0.1) is 0 Å². The van der Waals surface area contributed by atoms with Gasteiger partial charge in [0.25, 0.3) is 0 Å². The number of hydrogen-bond acceptors (Lipinski definition) is 3. The van der Waals surface area contributed by atoms with Crippen LogP contribution in [-0.4, -0.2) is 18.4 Å². The van der Waals surface area contributed by atoms with Crippen LogP contribution in [0.3, 0.4) is 0 Å². The van der Waals surface area contributed by atoms with Gasteiger partial charge in [-0.15, -0.1) is 0 Å². The third kappa shape index (κ3) is 1.99. The maximum absolute atomic E-state index is 11.3. The molecular weight excluding hydrogens is 170 g/mol. The molecule has 1 amide bonds. The summed E-state index contributed by atoms with van der Waals surface area (Å²) in [7, 11) is 0. The number of carboxylic acid groups (broad SMARTS) is 1. The van der Waals surface area contributed by atoms with Crippen molar-refractivity contribution in [2.75, 3.05) is 6.54 Å². The molecule has 13 heavy (non-hydrogen) atoms. The number of carbonyl (C=O) groups excluding carboxylic acids is 2. The number of hydrogen-bond donors (Lipinski definition) is 1. The largest absolute Gasteiger partial charge is 0.550 e. The first-order valence-corrected chi connectivity index (χ1v) is 4.67. The van der Waals surface area contributed by atoms with Crippen LogP contribution < -0.4 is 10.4 Å². The Kier molecular flexibility index (Phi) is 1.98. The zero-order chi connectivity index (χ0) is 9.42. The zero-order valence-corrected chi connectivity index (χ0v) is 7.29. The molecule has 2 aliphatic carbocycles. The molecule has 2 saturated carbocycles. The van der Waals surface area contributed by atoms with E-state index in [1.54, 1.807) is 0 Å². The minimum absolute atomic E-state index is 0.110. The number of aliphatic carboxylic acids is 1. The first kappa shape index (κ1) is 8.53. The van der Waals surface area contributed by atoms with Crippen LogP contribution >= 0.6 is 0 Å². The highest BCUT2D eigenvalue weighted by atomic mass is 16.4. The lowest BCUT2D eigenvalue weighted by molar-refractivity contribution is -0.308. The molecule has 0 heterocycles. The van der Waals surface area contributed by atoms with Crippen LogP contribution in [0.4, 0.5) is 0 Å². The van der Waals surface area contributed by atoms with Gasteiger partial charge in [-0.1, -0.05) is 0 Å². The normalized spacial score (nSPS) is 31.1. The fraction of sp³-hybridized carbons (Fsp3) is 0.778. The van der Waals surface area contributed by atoms with Crippen molar-refractivity contribution in [3.63, 3.8) is 0 Å². The topological polar surface area (TPSA) is 69.2 Å². The Morgan fingerprint density at radius 1 is 1.31 bits per heavy atom. The van der Waals surface area contributed by atoms with Crippen molar-refractivity contribution in [3.05, 3.63) is 0 Å². The van der Waals surface area contributed by atoms with E-state index in [0.29, 0.717) is 12.3 Å². The van der Waals surface area contributed by atoms with Crippen LogP contribution in [0.25, 0.3) is 0 Å².